The number of hydrogen-bond donors (Lipinski definition) is 2. The summed E-state index contributed by atoms with van der Waals surface area (Å²) in [7, 11) is 0. The molecule has 0 aliphatic carbocycles. The minimum atomic E-state index is -0.860. The summed E-state index contributed by atoms with van der Waals surface area (Å²) in [5.74, 6) is -0.735. The number of carbonyl (C=O) groups excluding carboxylic acids is 1. The molecular formula is C17H22N4O3S. The highest BCUT2D eigenvalue weighted by Crippen LogP contribution is 2.31. The van der Waals surface area contributed by atoms with E-state index in [1.807, 2.05) is 23.3 Å². The highest BCUT2D eigenvalue weighted by atomic mass is 32.1. The molecule has 3 rings (SSSR count). The summed E-state index contributed by atoms with van der Waals surface area (Å²) in [5.41, 5.74) is 0. The van der Waals surface area contributed by atoms with Crippen LogP contribution in [-0.4, -0.2) is 46.1 Å². The normalized spacial score (nSPS) is 18.4. The smallest absolute Gasteiger partial charge is 0.308 e. The maximum atomic E-state index is 12.6. The summed E-state index contributed by atoms with van der Waals surface area (Å²) in [6, 6.07) is 1.67. The van der Waals surface area contributed by atoms with E-state index in [0.717, 1.165) is 41.8 Å². The number of thiophene rings is 1. The molecule has 2 unspecified atom stereocenters. The summed E-state index contributed by atoms with van der Waals surface area (Å²) >= 11 is 1.55. The van der Waals surface area contributed by atoms with E-state index in [1.165, 1.54) is 6.33 Å². The van der Waals surface area contributed by atoms with E-state index in [0.29, 0.717) is 6.42 Å². The number of aliphatic carboxylic acids is 1. The molecule has 25 heavy (non-hydrogen) atoms. The fraction of sp³-hybridized carbons (Fsp3) is 0.529. The lowest BCUT2D eigenvalue weighted by molar-refractivity contribution is -0.142. The van der Waals surface area contributed by atoms with Crippen molar-refractivity contribution in [3.8, 4) is 0 Å². The topological polar surface area (TPSA) is 95.4 Å². The van der Waals surface area contributed by atoms with Crippen LogP contribution < -0.4 is 10.2 Å². The average molecular weight is 362 g/mol. The van der Waals surface area contributed by atoms with Gasteiger partial charge in [-0.15, -0.1) is 11.3 Å². The van der Waals surface area contributed by atoms with E-state index in [1.54, 1.807) is 11.3 Å². The van der Waals surface area contributed by atoms with Crippen LogP contribution in [-0.2, 0) is 9.59 Å². The summed E-state index contributed by atoms with van der Waals surface area (Å²) < 4.78 is 0. The van der Waals surface area contributed by atoms with Crippen molar-refractivity contribution in [3.63, 3.8) is 0 Å². The molecule has 1 saturated heterocycles. The minimum absolute atomic E-state index is 0.123. The van der Waals surface area contributed by atoms with E-state index >= 15 is 0 Å². The van der Waals surface area contributed by atoms with Crippen LogP contribution in [0.15, 0.2) is 17.8 Å². The van der Waals surface area contributed by atoms with Gasteiger partial charge < -0.3 is 15.3 Å². The summed E-state index contributed by atoms with van der Waals surface area (Å²) in [5, 5.41) is 15.0. The van der Waals surface area contributed by atoms with Crippen LogP contribution in [0, 0.1) is 5.92 Å². The lowest BCUT2D eigenvalue weighted by Crippen LogP contribution is -2.45. The molecule has 0 aromatic carbocycles. The summed E-state index contributed by atoms with van der Waals surface area (Å²) in [6.45, 7) is 2.87. The van der Waals surface area contributed by atoms with E-state index in [2.05, 4.69) is 15.3 Å². The first-order valence-corrected chi connectivity index (χ1v) is 9.45. The highest BCUT2D eigenvalue weighted by molar-refractivity contribution is 7.16. The first kappa shape index (κ1) is 17.6. The number of nitrogens with one attached hydrogen (secondary N) is 1. The molecule has 2 aromatic rings. The Morgan fingerprint density at radius 1 is 1.48 bits per heavy atom. The molecule has 0 radical (unpaired) electrons. The Bertz CT molecular complexity index is 763. The Labute approximate surface area is 150 Å². The van der Waals surface area contributed by atoms with Crippen molar-refractivity contribution in [1.29, 1.82) is 0 Å². The lowest BCUT2D eigenvalue weighted by Gasteiger charge is -2.25. The quantitative estimate of drug-likeness (QED) is 0.784. The Morgan fingerprint density at radius 2 is 2.32 bits per heavy atom. The highest BCUT2D eigenvalue weighted by Gasteiger charge is 2.33. The van der Waals surface area contributed by atoms with Crippen molar-refractivity contribution in [2.75, 3.05) is 18.0 Å². The van der Waals surface area contributed by atoms with Crippen molar-refractivity contribution in [2.24, 2.45) is 5.92 Å². The number of hydrogen-bond acceptors (Lipinski definition) is 6. The number of carbonyl (C=O) groups is 2. The van der Waals surface area contributed by atoms with Gasteiger partial charge in [0.2, 0.25) is 5.91 Å². The molecule has 2 aromatic heterocycles. The van der Waals surface area contributed by atoms with E-state index < -0.39 is 11.9 Å². The average Bonchev–Trinajstić information content (AvgIpc) is 3.26. The van der Waals surface area contributed by atoms with Crippen molar-refractivity contribution >= 4 is 39.2 Å². The van der Waals surface area contributed by atoms with Gasteiger partial charge in [0.25, 0.3) is 0 Å². The molecule has 3 heterocycles. The summed E-state index contributed by atoms with van der Waals surface area (Å²) in [6.07, 6.45) is 4.52. The zero-order valence-corrected chi connectivity index (χ0v) is 15.0. The van der Waals surface area contributed by atoms with Crippen molar-refractivity contribution in [2.45, 2.75) is 38.6 Å². The molecular weight excluding hydrogens is 340 g/mol. The van der Waals surface area contributed by atoms with Gasteiger partial charge in [-0.25, -0.2) is 9.97 Å². The standard InChI is InChI=1S/C17H22N4O3S/c1-2-4-11(17(23)24)9-18-15(22)13-5-3-7-21(13)14-12-6-8-25-16(12)20-10-19-14/h6,8,10-11,13H,2-5,7,9H2,1H3,(H,18,22)(H,23,24). The molecule has 2 N–H and O–H groups in total. The fourth-order valence-corrected chi connectivity index (χ4v) is 4.03. The van der Waals surface area contributed by atoms with Gasteiger partial charge in [0.05, 0.1) is 11.3 Å². The van der Waals surface area contributed by atoms with Crippen LogP contribution in [0.1, 0.15) is 32.6 Å². The molecule has 1 aliphatic heterocycles. The van der Waals surface area contributed by atoms with Crippen LogP contribution in [0.25, 0.3) is 10.2 Å². The van der Waals surface area contributed by atoms with Crippen LogP contribution in [0.4, 0.5) is 5.82 Å². The lowest BCUT2D eigenvalue weighted by atomic mass is 10.0. The van der Waals surface area contributed by atoms with Crippen molar-refractivity contribution in [3.05, 3.63) is 17.8 Å². The van der Waals surface area contributed by atoms with Crippen molar-refractivity contribution < 1.29 is 14.7 Å². The number of amides is 1. The minimum Gasteiger partial charge on any atom is -0.481 e. The van der Waals surface area contributed by atoms with Gasteiger partial charge in [0.15, 0.2) is 0 Å². The molecule has 134 valence electrons. The van der Waals surface area contributed by atoms with E-state index in [9.17, 15) is 14.7 Å². The predicted octanol–water partition coefficient (Wildman–Crippen LogP) is 2.28. The molecule has 0 spiro atoms. The van der Waals surface area contributed by atoms with Crippen LogP contribution in [0.3, 0.4) is 0 Å². The SMILES string of the molecule is CCCC(CNC(=O)C1CCCN1c1ncnc2sccc12)C(=O)O. The second-order valence-electron chi connectivity index (χ2n) is 6.26. The number of carboxylic acid groups (broad SMARTS) is 1. The third kappa shape index (κ3) is 3.73. The number of aromatic nitrogens is 2. The Balaban J connectivity index is 1.72. The predicted molar refractivity (Wildman–Crippen MR) is 96.8 cm³/mol. The number of rotatable bonds is 7. The van der Waals surface area contributed by atoms with E-state index in [-0.39, 0.29) is 18.5 Å². The Morgan fingerprint density at radius 3 is 3.08 bits per heavy atom. The molecule has 1 amide bonds. The van der Waals surface area contributed by atoms with Gasteiger partial charge >= 0.3 is 5.97 Å². The zero-order valence-electron chi connectivity index (χ0n) is 14.1. The van der Waals surface area contributed by atoms with Gasteiger partial charge in [-0.3, -0.25) is 9.59 Å². The third-order valence-corrected chi connectivity index (χ3v) is 5.40. The monoisotopic (exact) mass is 362 g/mol. The van der Waals surface area contributed by atoms with Crippen LogP contribution in [0.5, 0.6) is 0 Å². The van der Waals surface area contributed by atoms with Gasteiger partial charge in [-0.1, -0.05) is 13.3 Å². The summed E-state index contributed by atoms with van der Waals surface area (Å²) in [4.78, 5) is 35.5. The molecule has 0 bridgehead atoms. The molecule has 2 atom stereocenters. The number of nitrogens with zero attached hydrogens (tertiary/aromatic N) is 3. The second kappa shape index (κ2) is 7.77. The van der Waals surface area contributed by atoms with Gasteiger partial charge in [-0.05, 0) is 30.7 Å². The Kier molecular flexibility index (Phi) is 5.47. The maximum Gasteiger partial charge on any atom is 0.308 e. The number of carboxylic acids is 1. The molecule has 7 nitrogen and oxygen atoms in total. The largest absolute Gasteiger partial charge is 0.481 e. The molecule has 0 saturated carbocycles. The zero-order chi connectivity index (χ0) is 17.8. The van der Waals surface area contributed by atoms with E-state index in [4.69, 9.17) is 0 Å². The van der Waals surface area contributed by atoms with Crippen LogP contribution >= 0.6 is 11.3 Å². The fourth-order valence-electron chi connectivity index (χ4n) is 3.30. The molecule has 1 aliphatic rings. The van der Waals surface area contributed by atoms with Crippen molar-refractivity contribution in [1.82, 2.24) is 15.3 Å². The maximum absolute atomic E-state index is 12.6. The Hall–Kier alpha value is -2.22. The molecule has 1 fully saturated rings. The van der Waals surface area contributed by atoms with Crippen LogP contribution in [0.2, 0.25) is 0 Å². The molecule has 8 heteroatoms. The number of fused-ring (bicyclic) bond motifs is 1. The third-order valence-electron chi connectivity index (χ3n) is 4.58. The van der Waals surface area contributed by atoms with Gasteiger partial charge in [-0.2, -0.15) is 0 Å². The second-order valence-corrected chi connectivity index (χ2v) is 7.15. The number of anilines is 1. The van der Waals surface area contributed by atoms with Gasteiger partial charge in [0.1, 0.15) is 23.0 Å². The first-order chi connectivity index (χ1) is 12.1. The first-order valence-electron chi connectivity index (χ1n) is 8.57. The van der Waals surface area contributed by atoms with Gasteiger partial charge in [0, 0.05) is 13.1 Å².